The van der Waals surface area contributed by atoms with Crippen LogP contribution in [0.1, 0.15) is 23.2 Å². The molecular formula is C18H24N4O3S. The van der Waals surface area contributed by atoms with Crippen LogP contribution < -0.4 is 0 Å². The minimum absolute atomic E-state index is 0.0111. The van der Waals surface area contributed by atoms with Gasteiger partial charge < -0.3 is 14.7 Å². The average Bonchev–Trinajstić information content (AvgIpc) is 2.93. The van der Waals surface area contributed by atoms with E-state index >= 15 is 0 Å². The number of fused-ring (bicyclic) bond motifs is 4. The number of pyridine rings is 1. The van der Waals surface area contributed by atoms with Crippen LogP contribution in [0.2, 0.25) is 0 Å². The van der Waals surface area contributed by atoms with Gasteiger partial charge in [0, 0.05) is 39.4 Å². The van der Waals surface area contributed by atoms with E-state index in [2.05, 4.69) is 4.98 Å². The molecule has 26 heavy (non-hydrogen) atoms. The molecule has 0 spiro atoms. The second kappa shape index (κ2) is 7.65. The third-order valence-corrected chi connectivity index (χ3v) is 5.79. The Kier molecular flexibility index (Phi) is 5.50. The highest BCUT2D eigenvalue weighted by Gasteiger charge is 2.43. The molecule has 3 fully saturated rings. The van der Waals surface area contributed by atoms with Gasteiger partial charge >= 0.3 is 0 Å². The van der Waals surface area contributed by atoms with Crippen LogP contribution in [0.5, 0.6) is 0 Å². The third-order valence-electron chi connectivity index (χ3n) is 5.08. The van der Waals surface area contributed by atoms with Gasteiger partial charge in [-0.2, -0.15) is 0 Å². The fourth-order valence-electron chi connectivity index (χ4n) is 3.59. The van der Waals surface area contributed by atoms with Crippen molar-refractivity contribution >= 4 is 29.5 Å². The molecule has 0 N–H and O–H groups in total. The SMILES string of the molecule is CSc1ncccc1C(=O)N1C[C@H]2CC[C@@H](C1)N(CC(=O)N(C)C)C2=O. The summed E-state index contributed by atoms with van der Waals surface area (Å²) >= 11 is 1.44. The van der Waals surface area contributed by atoms with Gasteiger partial charge in [-0.15, -0.1) is 11.8 Å². The Labute approximate surface area is 157 Å². The fraction of sp³-hybridized carbons (Fsp3) is 0.556. The molecule has 2 atom stereocenters. The maximum Gasteiger partial charge on any atom is 0.256 e. The van der Waals surface area contributed by atoms with Crippen molar-refractivity contribution in [2.24, 2.45) is 5.92 Å². The Bertz CT molecular complexity index is 724. The maximum atomic E-state index is 13.1. The number of nitrogens with zero attached hydrogens (tertiary/aromatic N) is 4. The molecule has 7 nitrogen and oxygen atoms in total. The summed E-state index contributed by atoms with van der Waals surface area (Å²) in [7, 11) is 3.37. The molecule has 140 valence electrons. The number of piperidine rings is 1. The third kappa shape index (κ3) is 3.56. The van der Waals surface area contributed by atoms with Crippen molar-refractivity contribution < 1.29 is 14.4 Å². The zero-order chi connectivity index (χ0) is 18.8. The van der Waals surface area contributed by atoms with Gasteiger partial charge in [0.15, 0.2) is 0 Å². The standard InChI is InChI=1S/C18H24N4O3S/c1-20(2)15(23)11-22-13-7-6-12(17(22)24)9-21(10-13)18(25)14-5-4-8-19-16(14)26-3/h4-5,8,12-13H,6-7,9-11H2,1-3H3/t12-,13+/m1/s1. The molecular weight excluding hydrogens is 352 g/mol. The van der Waals surface area contributed by atoms with Crippen LogP contribution in [-0.2, 0) is 9.59 Å². The van der Waals surface area contributed by atoms with E-state index in [9.17, 15) is 14.4 Å². The highest BCUT2D eigenvalue weighted by molar-refractivity contribution is 7.98. The molecule has 0 radical (unpaired) electrons. The van der Waals surface area contributed by atoms with Crippen LogP contribution in [0.15, 0.2) is 23.4 Å². The predicted octanol–water partition coefficient (Wildman–Crippen LogP) is 0.955. The summed E-state index contributed by atoms with van der Waals surface area (Å²) in [6.45, 7) is 0.950. The van der Waals surface area contributed by atoms with Crippen LogP contribution in [0.3, 0.4) is 0 Å². The van der Waals surface area contributed by atoms with Crippen molar-refractivity contribution in [2.75, 3.05) is 40.0 Å². The van der Waals surface area contributed by atoms with Gasteiger partial charge in [0.1, 0.15) is 11.6 Å². The van der Waals surface area contributed by atoms with Gasteiger partial charge in [0.25, 0.3) is 5.91 Å². The summed E-state index contributed by atoms with van der Waals surface area (Å²) in [6.07, 6.45) is 5.15. The van der Waals surface area contributed by atoms with E-state index in [1.165, 1.54) is 16.7 Å². The van der Waals surface area contributed by atoms with Gasteiger partial charge in [0.2, 0.25) is 11.8 Å². The van der Waals surface area contributed by atoms with Crippen LogP contribution in [0.25, 0.3) is 0 Å². The zero-order valence-corrected chi connectivity index (χ0v) is 16.2. The average molecular weight is 376 g/mol. The molecule has 1 aromatic heterocycles. The molecule has 2 bridgehead atoms. The number of hydrogen-bond acceptors (Lipinski definition) is 5. The summed E-state index contributed by atoms with van der Waals surface area (Å²) in [5.41, 5.74) is 0.574. The molecule has 3 saturated heterocycles. The smallest absolute Gasteiger partial charge is 0.256 e. The number of carbonyl (C=O) groups excluding carboxylic acids is 3. The monoisotopic (exact) mass is 376 g/mol. The molecule has 0 unspecified atom stereocenters. The number of likely N-dealkylation sites (N-methyl/N-ethyl adjacent to an activating group) is 1. The second-order valence-corrected chi connectivity index (χ2v) is 7.75. The minimum atomic E-state index is -0.234. The number of thioether (sulfide) groups is 1. The maximum absolute atomic E-state index is 13.1. The van der Waals surface area contributed by atoms with E-state index < -0.39 is 0 Å². The lowest BCUT2D eigenvalue weighted by Gasteiger charge is -2.35. The molecule has 0 saturated carbocycles. The second-order valence-electron chi connectivity index (χ2n) is 6.95. The Hall–Kier alpha value is -2.09. The van der Waals surface area contributed by atoms with Gasteiger partial charge in [0.05, 0.1) is 11.5 Å². The summed E-state index contributed by atoms with van der Waals surface area (Å²) in [5, 5.41) is 0.695. The van der Waals surface area contributed by atoms with Crippen molar-refractivity contribution in [1.82, 2.24) is 19.7 Å². The zero-order valence-electron chi connectivity index (χ0n) is 15.3. The van der Waals surface area contributed by atoms with Crippen molar-refractivity contribution in [3.63, 3.8) is 0 Å². The summed E-state index contributed by atoms with van der Waals surface area (Å²) in [5.74, 6) is -0.432. The number of rotatable bonds is 4. The Morgan fingerprint density at radius 3 is 2.77 bits per heavy atom. The molecule has 4 heterocycles. The van der Waals surface area contributed by atoms with E-state index in [1.807, 2.05) is 6.26 Å². The fourth-order valence-corrected chi connectivity index (χ4v) is 4.13. The number of hydrogen-bond donors (Lipinski definition) is 0. The summed E-state index contributed by atoms with van der Waals surface area (Å²) in [6, 6.07) is 3.43. The Morgan fingerprint density at radius 2 is 2.08 bits per heavy atom. The van der Waals surface area contributed by atoms with Crippen LogP contribution in [0, 0.1) is 5.92 Å². The van der Waals surface area contributed by atoms with Crippen molar-refractivity contribution in [3.05, 3.63) is 23.9 Å². The Balaban J connectivity index is 1.82. The lowest BCUT2D eigenvalue weighted by Crippen LogP contribution is -2.51. The molecule has 8 heteroatoms. The summed E-state index contributed by atoms with van der Waals surface area (Å²) < 4.78 is 0. The first kappa shape index (κ1) is 18.7. The largest absolute Gasteiger partial charge is 0.347 e. The highest BCUT2D eigenvalue weighted by Crippen LogP contribution is 2.30. The first-order chi connectivity index (χ1) is 12.4. The van der Waals surface area contributed by atoms with Crippen LogP contribution >= 0.6 is 11.8 Å². The first-order valence-electron chi connectivity index (χ1n) is 8.71. The lowest BCUT2D eigenvalue weighted by atomic mass is 9.94. The quantitative estimate of drug-likeness (QED) is 0.732. The molecule has 4 rings (SSSR count). The van der Waals surface area contributed by atoms with Gasteiger partial charge in [-0.05, 0) is 31.2 Å². The topological polar surface area (TPSA) is 73.8 Å². The summed E-state index contributed by atoms with van der Waals surface area (Å²) in [4.78, 5) is 47.2. The van der Waals surface area contributed by atoms with E-state index in [4.69, 9.17) is 0 Å². The molecule has 3 amide bonds. The van der Waals surface area contributed by atoms with Crippen LogP contribution in [-0.4, -0.2) is 83.4 Å². The lowest BCUT2D eigenvalue weighted by molar-refractivity contribution is -0.145. The Morgan fingerprint density at radius 1 is 1.31 bits per heavy atom. The molecule has 1 aromatic rings. The van der Waals surface area contributed by atoms with Crippen LogP contribution in [0.4, 0.5) is 0 Å². The van der Waals surface area contributed by atoms with E-state index in [0.717, 1.165) is 12.8 Å². The van der Waals surface area contributed by atoms with Gasteiger partial charge in [-0.25, -0.2) is 4.98 Å². The number of aromatic nitrogens is 1. The normalized spacial score (nSPS) is 22.3. The molecule has 3 aliphatic rings. The van der Waals surface area contributed by atoms with E-state index in [-0.39, 0.29) is 36.2 Å². The van der Waals surface area contributed by atoms with Crippen molar-refractivity contribution in [3.8, 4) is 0 Å². The molecule has 0 aliphatic carbocycles. The number of amides is 3. The first-order valence-corrected chi connectivity index (χ1v) is 9.93. The number of carbonyl (C=O) groups is 3. The predicted molar refractivity (Wildman–Crippen MR) is 98.8 cm³/mol. The highest BCUT2D eigenvalue weighted by atomic mass is 32.2. The van der Waals surface area contributed by atoms with Gasteiger partial charge in [-0.3, -0.25) is 14.4 Å². The molecule has 0 aromatic carbocycles. The van der Waals surface area contributed by atoms with Crippen molar-refractivity contribution in [2.45, 2.75) is 23.9 Å². The molecule has 3 aliphatic heterocycles. The van der Waals surface area contributed by atoms with E-state index in [0.29, 0.717) is 23.7 Å². The van der Waals surface area contributed by atoms with Crippen molar-refractivity contribution in [1.29, 1.82) is 0 Å². The van der Waals surface area contributed by atoms with Gasteiger partial charge in [-0.1, -0.05) is 0 Å². The van der Waals surface area contributed by atoms with E-state index in [1.54, 1.807) is 42.2 Å². The minimum Gasteiger partial charge on any atom is -0.347 e.